The highest BCUT2D eigenvalue weighted by molar-refractivity contribution is 7.89. The molecule has 1 fully saturated rings. The molecule has 2 aromatic carbocycles. The number of carboxylic acids is 1. The molecule has 2 N–H and O–H groups in total. The van der Waals surface area contributed by atoms with Crippen LogP contribution >= 0.6 is 0 Å². The summed E-state index contributed by atoms with van der Waals surface area (Å²) in [7, 11) is -4.11. The Morgan fingerprint density at radius 2 is 1.90 bits per heavy atom. The number of amides is 1. The van der Waals surface area contributed by atoms with Crippen LogP contribution in [-0.4, -0.2) is 37.5 Å². The number of carbonyl (C=O) groups is 2. The Hall–Kier alpha value is -2.45. The molecule has 160 valence electrons. The Bertz CT molecular complexity index is 1120. The smallest absolute Gasteiger partial charge is 0.324 e. The molecule has 0 atom stereocenters. The maximum Gasteiger partial charge on any atom is 0.324 e. The van der Waals surface area contributed by atoms with Gasteiger partial charge in [-0.05, 0) is 37.5 Å². The third kappa shape index (κ3) is 3.28. The van der Waals surface area contributed by atoms with Gasteiger partial charge in [-0.2, -0.15) is 4.72 Å². The monoisotopic (exact) mass is 430 g/mol. The lowest BCUT2D eigenvalue weighted by Crippen LogP contribution is -2.55. The minimum Gasteiger partial charge on any atom is -0.480 e. The Morgan fingerprint density at radius 1 is 1.17 bits per heavy atom. The van der Waals surface area contributed by atoms with Gasteiger partial charge in [0, 0.05) is 22.9 Å². The number of anilines is 1. The van der Waals surface area contributed by atoms with E-state index in [-0.39, 0.29) is 23.6 Å². The summed E-state index contributed by atoms with van der Waals surface area (Å²) in [5, 5.41) is 10.8. The molecule has 1 amide bonds. The van der Waals surface area contributed by atoms with Crippen LogP contribution in [0, 0.1) is 0 Å². The van der Waals surface area contributed by atoms with Crippen LogP contribution in [0.25, 0.3) is 10.8 Å². The summed E-state index contributed by atoms with van der Waals surface area (Å²) in [5.74, 6) is -1.27. The van der Waals surface area contributed by atoms with Crippen molar-refractivity contribution in [3.63, 3.8) is 0 Å². The number of hydrogen-bond acceptors (Lipinski definition) is 4. The Balaban J connectivity index is 1.80. The van der Waals surface area contributed by atoms with Gasteiger partial charge in [0.15, 0.2) is 0 Å². The predicted molar refractivity (Wildman–Crippen MR) is 114 cm³/mol. The number of aliphatic carboxylic acids is 1. The highest BCUT2D eigenvalue weighted by atomic mass is 32.2. The highest BCUT2D eigenvalue weighted by Crippen LogP contribution is 2.41. The van der Waals surface area contributed by atoms with Gasteiger partial charge in [0.1, 0.15) is 5.54 Å². The molecule has 0 aromatic heterocycles. The number of hydrogen-bond donors (Lipinski definition) is 2. The number of nitrogens with one attached hydrogen (secondary N) is 1. The van der Waals surface area contributed by atoms with Gasteiger partial charge >= 0.3 is 5.97 Å². The second-order valence-corrected chi connectivity index (χ2v) is 9.83. The zero-order chi connectivity index (χ0) is 21.5. The van der Waals surface area contributed by atoms with Crippen molar-refractivity contribution in [2.45, 2.75) is 62.3 Å². The number of carboxylic acid groups (broad SMARTS) is 1. The van der Waals surface area contributed by atoms with E-state index in [0.29, 0.717) is 41.4 Å². The van der Waals surface area contributed by atoms with Crippen LogP contribution in [0.4, 0.5) is 5.69 Å². The van der Waals surface area contributed by atoms with Crippen LogP contribution in [0.1, 0.15) is 62.2 Å². The average Bonchev–Trinajstić information content (AvgIpc) is 3.00. The first kappa shape index (κ1) is 20.8. The SMILES string of the molecule is CCCCN1C(=O)c2cccc3c(S(=O)(=O)NC4(C(=O)O)CCCCC4)ccc1c23. The summed E-state index contributed by atoms with van der Waals surface area (Å²) >= 11 is 0. The van der Waals surface area contributed by atoms with Crippen LogP contribution in [-0.2, 0) is 14.8 Å². The maximum absolute atomic E-state index is 13.3. The summed E-state index contributed by atoms with van der Waals surface area (Å²) in [6, 6.07) is 8.22. The summed E-state index contributed by atoms with van der Waals surface area (Å²) in [6.07, 6.45) is 4.56. The van der Waals surface area contributed by atoms with E-state index in [1.165, 1.54) is 6.07 Å². The zero-order valence-electron chi connectivity index (χ0n) is 17.0. The van der Waals surface area contributed by atoms with E-state index in [9.17, 15) is 23.1 Å². The van der Waals surface area contributed by atoms with Gasteiger partial charge < -0.3 is 10.0 Å². The van der Waals surface area contributed by atoms with Crippen LogP contribution in [0.5, 0.6) is 0 Å². The molecule has 30 heavy (non-hydrogen) atoms. The summed E-state index contributed by atoms with van der Waals surface area (Å²) in [6.45, 7) is 2.62. The minimum absolute atomic E-state index is 0.0134. The van der Waals surface area contributed by atoms with Gasteiger partial charge in [-0.1, -0.05) is 44.7 Å². The second-order valence-electron chi connectivity index (χ2n) is 8.17. The lowest BCUT2D eigenvalue weighted by atomic mass is 9.83. The zero-order valence-corrected chi connectivity index (χ0v) is 17.8. The third-order valence-electron chi connectivity index (χ3n) is 6.22. The van der Waals surface area contributed by atoms with Gasteiger partial charge in [0.25, 0.3) is 5.91 Å². The largest absolute Gasteiger partial charge is 0.480 e. The molecule has 0 saturated heterocycles. The fourth-order valence-electron chi connectivity index (χ4n) is 4.62. The van der Waals surface area contributed by atoms with Crippen LogP contribution in [0.15, 0.2) is 35.2 Å². The molecule has 2 aliphatic rings. The quantitative estimate of drug-likeness (QED) is 0.698. The number of rotatable bonds is 7. The molecule has 8 heteroatoms. The van der Waals surface area contributed by atoms with Crippen molar-refractivity contribution in [3.05, 3.63) is 35.9 Å². The van der Waals surface area contributed by atoms with Gasteiger partial charge in [0.05, 0.1) is 10.6 Å². The molecule has 2 aromatic rings. The predicted octanol–water partition coefficient (Wildman–Crippen LogP) is 3.67. The second kappa shape index (κ2) is 7.67. The molecule has 0 unspecified atom stereocenters. The highest BCUT2D eigenvalue weighted by Gasteiger charge is 2.44. The lowest BCUT2D eigenvalue weighted by Gasteiger charge is -2.33. The summed E-state index contributed by atoms with van der Waals surface area (Å²) < 4.78 is 29.2. The molecule has 0 bridgehead atoms. The van der Waals surface area contributed by atoms with Gasteiger partial charge in [-0.25, -0.2) is 8.42 Å². The van der Waals surface area contributed by atoms with E-state index < -0.39 is 21.5 Å². The van der Waals surface area contributed by atoms with Crippen molar-refractivity contribution in [2.75, 3.05) is 11.4 Å². The van der Waals surface area contributed by atoms with Crippen LogP contribution in [0.3, 0.4) is 0 Å². The molecular formula is C22H26N2O5S. The first-order chi connectivity index (χ1) is 14.3. The van der Waals surface area contributed by atoms with E-state index in [1.807, 2.05) is 6.92 Å². The maximum atomic E-state index is 13.3. The Kier molecular flexibility index (Phi) is 5.32. The first-order valence-electron chi connectivity index (χ1n) is 10.5. The number of unbranched alkanes of at least 4 members (excludes halogenated alkanes) is 1. The summed E-state index contributed by atoms with van der Waals surface area (Å²) in [4.78, 5) is 26.6. The average molecular weight is 431 g/mol. The van der Waals surface area contributed by atoms with E-state index in [1.54, 1.807) is 29.2 Å². The number of carbonyl (C=O) groups excluding carboxylic acids is 1. The number of sulfonamides is 1. The minimum atomic E-state index is -4.11. The standard InChI is InChI=1S/C22H26N2O5S/c1-2-3-14-24-17-10-11-18(15-8-7-9-16(19(15)17)20(24)25)30(28,29)23-22(21(26)27)12-5-4-6-13-22/h7-11,23H,2-6,12-14H2,1H3,(H,26,27). The molecule has 4 rings (SSSR count). The van der Waals surface area contributed by atoms with E-state index in [0.717, 1.165) is 19.3 Å². The van der Waals surface area contributed by atoms with Crippen molar-refractivity contribution in [3.8, 4) is 0 Å². The Labute approximate surface area is 176 Å². The van der Waals surface area contributed by atoms with Gasteiger partial charge in [0.2, 0.25) is 10.0 Å². The molecule has 0 spiro atoms. The number of benzene rings is 2. The molecular weight excluding hydrogens is 404 g/mol. The molecule has 7 nitrogen and oxygen atoms in total. The van der Waals surface area contributed by atoms with Crippen LogP contribution in [0.2, 0.25) is 0 Å². The molecule has 1 aliphatic carbocycles. The fraction of sp³-hybridized carbons (Fsp3) is 0.455. The van der Waals surface area contributed by atoms with E-state index >= 15 is 0 Å². The molecule has 1 aliphatic heterocycles. The van der Waals surface area contributed by atoms with Crippen LogP contribution < -0.4 is 9.62 Å². The topological polar surface area (TPSA) is 104 Å². The molecule has 0 radical (unpaired) electrons. The van der Waals surface area contributed by atoms with Crippen molar-refractivity contribution >= 4 is 38.4 Å². The first-order valence-corrected chi connectivity index (χ1v) is 11.9. The molecule has 1 heterocycles. The van der Waals surface area contributed by atoms with Crippen molar-refractivity contribution < 1.29 is 23.1 Å². The lowest BCUT2D eigenvalue weighted by molar-refractivity contribution is -0.145. The Morgan fingerprint density at radius 3 is 2.57 bits per heavy atom. The van der Waals surface area contributed by atoms with Gasteiger partial charge in [-0.15, -0.1) is 0 Å². The molecule has 1 saturated carbocycles. The van der Waals surface area contributed by atoms with Crippen molar-refractivity contribution in [1.29, 1.82) is 0 Å². The fourth-order valence-corrected chi connectivity index (χ4v) is 6.24. The third-order valence-corrected chi connectivity index (χ3v) is 7.81. The number of nitrogens with zero attached hydrogens (tertiary/aromatic N) is 1. The van der Waals surface area contributed by atoms with Gasteiger partial charge in [-0.3, -0.25) is 9.59 Å². The van der Waals surface area contributed by atoms with Crippen molar-refractivity contribution in [1.82, 2.24) is 4.72 Å². The summed E-state index contributed by atoms with van der Waals surface area (Å²) in [5.41, 5.74) is -0.284. The van der Waals surface area contributed by atoms with E-state index in [4.69, 9.17) is 0 Å². The van der Waals surface area contributed by atoms with Crippen molar-refractivity contribution in [2.24, 2.45) is 0 Å². The van der Waals surface area contributed by atoms with E-state index in [2.05, 4.69) is 4.72 Å². The normalized spacial score (nSPS) is 18.2.